The molecular formula is C5H10O6S. The molecule has 0 aromatic carbocycles. The Morgan fingerprint density at radius 1 is 1.50 bits per heavy atom. The molecule has 1 heterocycles. The van der Waals surface area contributed by atoms with Crippen LogP contribution in [0.25, 0.3) is 0 Å². The van der Waals surface area contributed by atoms with Gasteiger partial charge in [-0.2, -0.15) is 8.42 Å². The number of hydrogen-bond acceptors (Lipinski definition) is 5. The van der Waals surface area contributed by atoms with Gasteiger partial charge in [-0.3, -0.25) is 4.55 Å². The van der Waals surface area contributed by atoms with Gasteiger partial charge >= 0.3 is 10.4 Å². The van der Waals surface area contributed by atoms with Crippen LogP contribution in [0.2, 0.25) is 0 Å². The predicted molar refractivity (Wildman–Crippen MR) is 39.6 cm³/mol. The van der Waals surface area contributed by atoms with E-state index in [9.17, 15) is 8.42 Å². The average Bonchev–Trinajstić information content (AvgIpc) is 1.77. The lowest BCUT2D eigenvalue weighted by molar-refractivity contribution is -0.382. The maximum Gasteiger partial charge on any atom is 0.397 e. The van der Waals surface area contributed by atoms with E-state index in [0.717, 1.165) is 13.2 Å². The van der Waals surface area contributed by atoms with Gasteiger partial charge in [0.1, 0.15) is 13.2 Å². The summed E-state index contributed by atoms with van der Waals surface area (Å²) in [6.07, 6.45) is 1.22. The molecule has 0 aromatic heterocycles. The second kappa shape index (κ2) is 6.09. The van der Waals surface area contributed by atoms with Gasteiger partial charge < -0.3 is 0 Å². The zero-order chi connectivity index (χ0) is 9.45. The van der Waals surface area contributed by atoms with Gasteiger partial charge in [-0.25, -0.2) is 14.0 Å². The third-order valence-corrected chi connectivity index (χ3v) is 1.10. The molecule has 1 N–H and O–H groups in total. The van der Waals surface area contributed by atoms with Crippen LogP contribution in [0, 0.1) is 0 Å². The predicted octanol–water partition coefficient (Wildman–Crippen LogP) is -0.0600. The van der Waals surface area contributed by atoms with Crippen LogP contribution in [0.4, 0.5) is 0 Å². The van der Waals surface area contributed by atoms with Gasteiger partial charge in [0.05, 0.1) is 6.61 Å². The summed E-state index contributed by atoms with van der Waals surface area (Å²) < 4.78 is 31.0. The van der Waals surface area contributed by atoms with Crippen LogP contribution in [0.5, 0.6) is 0 Å². The van der Waals surface area contributed by atoms with Crippen LogP contribution < -0.4 is 0 Å². The first kappa shape index (κ1) is 11.5. The fourth-order valence-electron chi connectivity index (χ4n) is 0.217. The largest absolute Gasteiger partial charge is 0.397 e. The van der Waals surface area contributed by atoms with Gasteiger partial charge in [0.25, 0.3) is 0 Å². The molecule has 0 unspecified atom stereocenters. The van der Waals surface area contributed by atoms with Gasteiger partial charge in [-0.15, -0.1) is 6.58 Å². The first-order valence-corrected chi connectivity index (χ1v) is 4.40. The van der Waals surface area contributed by atoms with E-state index in [0.29, 0.717) is 0 Å². The highest BCUT2D eigenvalue weighted by atomic mass is 32.3. The smallest absolute Gasteiger partial charge is 0.264 e. The zero-order valence-electron chi connectivity index (χ0n) is 6.30. The molecule has 0 spiro atoms. The first-order chi connectivity index (χ1) is 5.56. The molecule has 1 saturated heterocycles. The fourth-order valence-corrected chi connectivity index (χ4v) is 0.486. The quantitative estimate of drug-likeness (QED) is 0.388. The van der Waals surface area contributed by atoms with Crippen molar-refractivity contribution in [3.63, 3.8) is 0 Å². The maximum atomic E-state index is 9.68. The lowest BCUT2D eigenvalue weighted by Crippen LogP contribution is -2.14. The summed E-state index contributed by atoms with van der Waals surface area (Å²) in [5, 5.41) is 0. The van der Waals surface area contributed by atoms with Crippen LogP contribution in [-0.4, -0.2) is 32.8 Å². The van der Waals surface area contributed by atoms with Crippen molar-refractivity contribution in [1.82, 2.24) is 0 Å². The highest BCUT2D eigenvalue weighted by Gasteiger charge is 1.99. The molecule has 1 aliphatic heterocycles. The summed E-state index contributed by atoms with van der Waals surface area (Å²) in [4.78, 5) is 8.44. The third kappa shape index (κ3) is 9.53. The van der Waals surface area contributed by atoms with Gasteiger partial charge in [-0.05, 0) is 0 Å². The molecule has 0 aliphatic carbocycles. The van der Waals surface area contributed by atoms with E-state index in [1.807, 2.05) is 0 Å². The molecule has 1 fully saturated rings. The monoisotopic (exact) mass is 198 g/mol. The SMILES string of the molecule is C1COO1.C=CCOS(=O)(=O)O. The summed E-state index contributed by atoms with van der Waals surface area (Å²) in [5.41, 5.74) is 0. The van der Waals surface area contributed by atoms with Gasteiger partial charge in [0, 0.05) is 0 Å². The van der Waals surface area contributed by atoms with E-state index in [1.165, 1.54) is 6.08 Å². The van der Waals surface area contributed by atoms with Crippen LogP contribution in [0.3, 0.4) is 0 Å². The van der Waals surface area contributed by atoms with Crippen molar-refractivity contribution in [2.75, 3.05) is 19.8 Å². The Hall–Kier alpha value is -0.470. The lowest BCUT2D eigenvalue weighted by atomic mass is 10.7. The van der Waals surface area contributed by atoms with Crippen molar-refractivity contribution >= 4 is 10.4 Å². The van der Waals surface area contributed by atoms with E-state index >= 15 is 0 Å². The Morgan fingerprint density at radius 3 is 2.00 bits per heavy atom. The van der Waals surface area contributed by atoms with E-state index in [-0.39, 0.29) is 6.61 Å². The maximum absolute atomic E-state index is 9.68. The van der Waals surface area contributed by atoms with Crippen molar-refractivity contribution < 1.29 is 26.9 Å². The Morgan fingerprint density at radius 2 is 1.92 bits per heavy atom. The minimum Gasteiger partial charge on any atom is -0.264 e. The van der Waals surface area contributed by atoms with Crippen molar-refractivity contribution in [3.8, 4) is 0 Å². The van der Waals surface area contributed by atoms with Crippen molar-refractivity contribution in [1.29, 1.82) is 0 Å². The lowest BCUT2D eigenvalue weighted by Gasteiger charge is -2.08. The third-order valence-electron chi connectivity index (χ3n) is 0.668. The van der Waals surface area contributed by atoms with Gasteiger partial charge in [0.2, 0.25) is 0 Å². The zero-order valence-corrected chi connectivity index (χ0v) is 7.12. The van der Waals surface area contributed by atoms with Crippen LogP contribution in [0.15, 0.2) is 12.7 Å². The summed E-state index contributed by atoms with van der Waals surface area (Å²) in [6.45, 7) is 4.52. The molecule has 0 atom stereocenters. The molecule has 72 valence electrons. The summed E-state index contributed by atoms with van der Waals surface area (Å²) in [7, 11) is -4.26. The van der Waals surface area contributed by atoms with Crippen LogP contribution >= 0.6 is 0 Å². The molecule has 12 heavy (non-hydrogen) atoms. The summed E-state index contributed by atoms with van der Waals surface area (Å²) >= 11 is 0. The summed E-state index contributed by atoms with van der Waals surface area (Å²) in [6, 6.07) is 0. The van der Waals surface area contributed by atoms with E-state index in [2.05, 4.69) is 20.5 Å². The molecule has 0 bridgehead atoms. The second-order valence-corrected chi connectivity index (χ2v) is 2.74. The molecular weight excluding hydrogens is 188 g/mol. The van der Waals surface area contributed by atoms with E-state index in [4.69, 9.17) is 4.55 Å². The van der Waals surface area contributed by atoms with Gasteiger partial charge in [-0.1, -0.05) is 6.08 Å². The van der Waals surface area contributed by atoms with Crippen molar-refractivity contribution in [3.05, 3.63) is 12.7 Å². The molecule has 0 amide bonds. The Kier molecular flexibility index (Phi) is 5.85. The van der Waals surface area contributed by atoms with Crippen LogP contribution in [0.1, 0.15) is 0 Å². The number of rotatable bonds is 3. The normalized spacial score (nSPS) is 15.4. The first-order valence-electron chi connectivity index (χ1n) is 3.03. The Labute approximate surface area is 70.6 Å². The standard InChI is InChI=1S/C3H6O4S.C2H4O2/c1-2-3-7-8(4,5)6;1-2-4-3-1/h2H,1,3H2,(H,4,5,6);1-2H2. The molecule has 0 aromatic rings. The molecule has 1 aliphatic rings. The molecule has 6 nitrogen and oxygen atoms in total. The van der Waals surface area contributed by atoms with E-state index in [1.54, 1.807) is 0 Å². The fraction of sp³-hybridized carbons (Fsp3) is 0.600. The molecule has 0 radical (unpaired) electrons. The highest BCUT2D eigenvalue weighted by Crippen LogP contribution is 1.87. The van der Waals surface area contributed by atoms with E-state index < -0.39 is 10.4 Å². The highest BCUT2D eigenvalue weighted by molar-refractivity contribution is 7.80. The average molecular weight is 198 g/mol. The molecule has 1 rings (SSSR count). The molecule has 0 saturated carbocycles. The van der Waals surface area contributed by atoms with Gasteiger partial charge in [0.15, 0.2) is 0 Å². The topological polar surface area (TPSA) is 82.1 Å². The Bertz CT molecular complexity index is 200. The minimum atomic E-state index is -4.26. The van der Waals surface area contributed by atoms with Crippen molar-refractivity contribution in [2.24, 2.45) is 0 Å². The van der Waals surface area contributed by atoms with Crippen molar-refractivity contribution in [2.45, 2.75) is 0 Å². The Balaban J connectivity index is 0.000000247. The summed E-state index contributed by atoms with van der Waals surface area (Å²) in [5.74, 6) is 0. The molecule has 7 heteroatoms. The van der Waals surface area contributed by atoms with Crippen LogP contribution in [-0.2, 0) is 24.4 Å². The minimum absolute atomic E-state index is 0.196. The second-order valence-electron chi connectivity index (χ2n) is 1.64. The number of hydrogen-bond donors (Lipinski definition) is 1.